The number of benzene rings is 2. The zero-order chi connectivity index (χ0) is 17.9. The van der Waals surface area contributed by atoms with E-state index < -0.39 is 0 Å². The summed E-state index contributed by atoms with van der Waals surface area (Å²) in [6.45, 7) is 2.25. The van der Waals surface area contributed by atoms with Crippen LogP contribution in [-0.2, 0) is 6.42 Å². The number of nitrogens with two attached hydrogens (primary N) is 1. The van der Waals surface area contributed by atoms with Gasteiger partial charge < -0.3 is 5.73 Å². The molecule has 0 bridgehead atoms. The minimum Gasteiger partial charge on any atom is -0.398 e. The fraction of sp³-hybridized carbons (Fsp3) is 0.435. The van der Waals surface area contributed by atoms with Crippen LogP contribution >= 0.6 is 0 Å². The molecule has 0 aliphatic carbocycles. The van der Waals surface area contributed by atoms with Crippen LogP contribution in [-0.4, -0.2) is 5.78 Å². The highest BCUT2D eigenvalue weighted by atomic mass is 16.1. The summed E-state index contributed by atoms with van der Waals surface area (Å²) in [6.07, 6.45) is 11.6. The van der Waals surface area contributed by atoms with E-state index in [9.17, 15) is 4.79 Å². The van der Waals surface area contributed by atoms with Gasteiger partial charge in [-0.15, -0.1) is 0 Å². The molecule has 2 aromatic rings. The molecule has 2 N–H and O–H groups in total. The third-order valence-corrected chi connectivity index (χ3v) is 4.72. The monoisotopic (exact) mass is 337 g/mol. The number of nitrogen functional groups attached to an aromatic ring is 1. The number of carbonyl (C=O) groups excluding carboxylic acids is 1. The molecular weight excluding hydrogens is 306 g/mol. The Hall–Kier alpha value is -2.09. The van der Waals surface area contributed by atoms with Crippen molar-refractivity contribution in [2.24, 2.45) is 0 Å². The first-order chi connectivity index (χ1) is 12.2. The second kappa shape index (κ2) is 10.7. The lowest BCUT2D eigenvalue weighted by Crippen LogP contribution is -2.05. The molecule has 2 nitrogen and oxygen atoms in total. The van der Waals surface area contributed by atoms with Gasteiger partial charge in [-0.2, -0.15) is 0 Å². The van der Waals surface area contributed by atoms with Gasteiger partial charge in [0.15, 0.2) is 5.78 Å². The molecule has 0 radical (unpaired) electrons. The topological polar surface area (TPSA) is 43.1 Å². The second-order valence-electron chi connectivity index (χ2n) is 6.84. The van der Waals surface area contributed by atoms with Crippen molar-refractivity contribution in [1.82, 2.24) is 0 Å². The predicted molar refractivity (Wildman–Crippen MR) is 107 cm³/mol. The minimum atomic E-state index is -0.00303. The van der Waals surface area contributed by atoms with Crippen LogP contribution in [0, 0.1) is 0 Å². The molecule has 0 saturated carbocycles. The Morgan fingerprint density at radius 3 is 2.12 bits per heavy atom. The summed E-state index contributed by atoms with van der Waals surface area (Å²) in [7, 11) is 0. The van der Waals surface area contributed by atoms with Crippen LogP contribution in [0.25, 0.3) is 0 Å². The van der Waals surface area contributed by atoms with Crippen LogP contribution in [0.15, 0.2) is 48.5 Å². The zero-order valence-corrected chi connectivity index (χ0v) is 15.5. The van der Waals surface area contributed by atoms with Gasteiger partial charge in [-0.1, -0.05) is 88.3 Å². The Morgan fingerprint density at radius 1 is 0.840 bits per heavy atom. The Labute approximate surface area is 152 Å². The highest BCUT2D eigenvalue weighted by Crippen LogP contribution is 2.20. The van der Waals surface area contributed by atoms with Crippen molar-refractivity contribution in [1.29, 1.82) is 0 Å². The molecule has 0 fully saturated rings. The second-order valence-corrected chi connectivity index (χ2v) is 6.84. The zero-order valence-electron chi connectivity index (χ0n) is 15.5. The molecule has 0 atom stereocenters. The molecule has 0 unspecified atom stereocenters. The van der Waals surface area contributed by atoms with E-state index in [-0.39, 0.29) is 5.78 Å². The van der Waals surface area contributed by atoms with Crippen molar-refractivity contribution >= 4 is 11.5 Å². The third-order valence-electron chi connectivity index (χ3n) is 4.72. The van der Waals surface area contributed by atoms with E-state index in [2.05, 4.69) is 6.92 Å². The average molecular weight is 338 g/mol. The SMILES string of the molecule is CCCCCCCCCCc1ccc(C(=O)c2ccccc2)c(N)c1. The van der Waals surface area contributed by atoms with E-state index in [4.69, 9.17) is 5.73 Å². The molecule has 2 heteroatoms. The van der Waals surface area contributed by atoms with E-state index in [1.54, 1.807) is 0 Å². The predicted octanol–water partition coefficient (Wildman–Crippen LogP) is 6.18. The highest BCUT2D eigenvalue weighted by molar-refractivity contribution is 6.12. The standard InChI is InChI=1S/C23H31NO/c1-2-3-4-5-6-7-8-10-13-19-16-17-21(22(24)18-19)23(25)20-14-11-9-12-15-20/h9,11-12,14-18H,2-8,10,13,24H2,1H3. The van der Waals surface area contributed by atoms with Gasteiger partial charge in [0.2, 0.25) is 0 Å². The number of unbranched alkanes of at least 4 members (excludes halogenated alkanes) is 7. The number of hydrogen-bond donors (Lipinski definition) is 1. The van der Waals surface area contributed by atoms with Crippen molar-refractivity contribution in [3.63, 3.8) is 0 Å². The third kappa shape index (κ3) is 6.38. The smallest absolute Gasteiger partial charge is 0.195 e. The fourth-order valence-electron chi connectivity index (χ4n) is 3.18. The molecule has 2 rings (SSSR count). The first-order valence-electron chi connectivity index (χ1n) is 9.70. The molecule has 0 saturated heterocycles. The van der Waals surface area contributed by atoms with Crippen LogP contribution < -0.4 is 5.73 Å². The molecule has 134 valence electrons. The summed E-state index contributed by atoms with van der Waals surface area (Å²) in [5.41, 5.74) is 9.24. The number of anilines is 1. The van der Waals surface area contributed by atoms with Crippen LogP contribution in [0.1, 0.15) is 79.8 Å². The number of aryl methyl sites for hydroxylation is 1. The van der Waals surface area contributed by atoms with Crippen molar-refractivity contribution in [2.45, 2.75) is 64.7 Å². The van der Waals surface area contributed by atoms with E-state index in [1.807, 2.05) is 48.5 Å². The molecule has 0 aliphatic heterocycles. The summed E-state index contributed by atoms with van der Waals surface area (Å²) in [5, 5.41) is 0. The van der Waals surface area contributed by atoms with Crippen molar-refractivity contribution in [3.05, 3.63) is 65.2 Å². The van der Waals surface area contributed by atoms with Crippen LogP contribution in [0.5, 0.6) is 0 Å². The Kier molecular flexibility index (Phi) is 8.24. The number of carbonyl (C=O) groups is 1. The van der Waals surface area contributed by atoms with Gasteiger partial charge in [0.05, 0.1) is 0 Å². The largest absolute Gasteiger partial charge is 0.398 e. The van der Waals surface area contributed by atoms with E-state index >= 15 is 0 Å². The summed E-state index contributed by atoms with van der Waals surface area (Å²) >= 11 is 0. The Bertz CT molecular complexity index is 648. The highest BCUT2D eigenvalue weighted by Gasteiger charge is 2.12. The van der Waals surface area contributed by atoms with Gasteiger partial charge in [0.1, 0.15) is 0 Å². The maximum absolute atomic E-state index is 12.5. The number of hydrogen-bond acceptors (Lipinski definition) is 2. The number of rotatable bonds is 11. The van der Waals surface area contributed by atoms with Gasteiger partial charge >= 0.3 is 0 Å². The first-order valence-corrected chi connectivity index (χ1v) is 9.70. The normalized spacial score (nSPS) is 10.8. The fourth-order valence-corrected chi connectivity index (χ4v) is 3.18. The van der Waals surface area contributed by atoms with Gasteiger partial charge in [-0.05, 0) is 30.5 Å². The maximum atomic E-state index is 12.5. The lowest BCUT2D eigenvalue weighted by molar-refractivity contribution is 0.103. The van der Waals surface area contributed by atoms with Crippen LogP contribution in [0.3, 0.4) is 0 Å². The molecule has 0 spiro atoms. The molecule has 25 heavy (non-hydrogen) atoms. The lowest BCUT2D eigenvalue weighted by atomic mass is 9.98. The van der Waals surface area contributed by atoms with Crippen molar-refractivity contribution in [2.75, 3.05) is 5.73 Å². The molecule has 0 aliphatic rings. The molecule has 0 heterocycles. The average Bonchev–Trinajstić information content (AvgIpc) is 2.64. The van der Waals surface area contributed by atoms with E-state index in [0.29, 0.717) is 16.8 Å². The van der Waals surface area contributed by atoms with Crippen molar-refractivity contribution < 1.29 is 4.79 Å². The maximum Gasteiger partial charge on any atom is 0.195 e. The molecular formula is C23H31NO. The van der Waals surface area contributed by atoms with Crippen molar-refractivity contribution in [3.8, 4) is 0 Å². The van der Waals surface area contributed by atoms with Gasteiger partial charge in [-0.25, -0.2) is 0 Å². The first kappa shape index (κ1) is 19.2. The lowest BCUT2D eigenvalue weighted by Gasteiger charge is -2.08. The minimum absolute atomic E-state index is 0.00303. The number of ketones is 1. The van der Waals surface area contributed by atoms with Gasteiger partial charge in [0, 0.05) is 16.8 Å². The summed E-state index contributed by atoms with van der Waals surface area (Å²) in [4.78, 5) is 12.5. The quantitative estimate of drug-likeness (QED) is 0.302. The van der Waals surface area contributed by atoms with Crippen LogP contribution in [0.2, 0.25) is 0 Å². The van der Waals surface area contributed by atoms with Gasteiger partial charge in [-0.3, -0.25) is 4.79 Å². The van der Waals surface area contributed by atoms with E-state index in [0.717, 1.165) is 6.42 Å². The molecule has 0 aromatic heterocycles. The Balaban J connectivity index is 1.79. The Morgan fingerprint density at radius 2 is 1.48 bits per heavy atom. The van der Waals surface area contributed by atoms with E-state index in [1.165, 1.54) is 56.9 Å². The molecule has 0 amide bonds. The molecule has 2 aromatic carbocycles. The van der Waals surface area contributed by atoms with Gasteiger partial charge in [0.25, 0.3) is 0 Å². The summed E-state index contributed by atoms with van der Waals surface area (Å²) < 4.78 is 0. The summed E-state index contributed by atoms with van der Waals surface area (Å²) in [6, 6.07) is 15.2. The van der Waals surface area contributed by atoms with Crippen LogP contribution in [0.4, 0.5) is 5.69 Å². The summed E-state index contributed by atoms with van der Waals surface area (Å²) in [5.74, 6) is -0.00303.